The summed E-state index contributed by atoms with van der Waals surface area (Å²) in [5.74, 6) is 0.805. The maximum atomic E-state index is 13.1. The Hall–Kier alpha value is -2.82. The standard InChI is InChI=1S/C21H24N2O7S/c1-14-20(30-17-6-4-3-5-16(17)29-14)21(24)22-15-7-8-18(27-2)19(13-15)31(25,26)23-9-11-28-12-10-23/h3-8,13-14,20H,9-12H2,1-2H3,(H,22,24). The third-order valence-corrected chi connectivity index (χ3v) is 7.04. The molecule has 2 unspecified atom stereocenters. The van der Waals surface area contributed by atoms with Gasteiger partial charge in [-0.05, 0) is 37.3 Å². The Kier molecular flexibility index (Phi) is 6.03. The Labute approximate surface area is 180 Å². The molecule has 0 aliphatic carbocycles. The van der Waals surface area contributed by atoms with E-state index in [1.54, 1.807) is 31.2 Å². The number of para-hydroxylation sites is 2. The van der Waals surface area contributed by atoms with Crippen LogP contribution in [0.5, 0.6) is 17.2 Å². The summed E-state index contributed by atoms with van der Waals surface area (Å²) in [5.41, 5.74) is 0.312. The summed E-state index contributed by atoms with van der Waals surface area (Å²) in [6.45, 7) is 2.91. The minimum absolute atomic E-state index is 0.0195. The van der Waals surface area contributed by atoms with Crippen LogP contribution in [0.1, 0.15) is 6.92 Å². The first kappa shape index (κ1) is 21.4. The van der Waals surface area contributed by atoms with E-state index in [2.05, 4.69) is 5.32 Å². The lowest BCUT2D eigenvalue weighted by Gasteiger charge is -2.31. The molecule has 0 radical (unpaired) electrons. The van der Waals surface area contributed by atoms with Gasteiger partial charge in [-0.2, -0.15) is 4.31 Å². The van der Waals surface area contributed by atoms with Crippen LogP contribution in [0.3, 0.4) is 0 Å². The molecule has 9 nitrogen and oxygen atoms in total. The molecule has 2 aromatic carbocycles. The second-order valence-electron chi connectivity index (χ2n) is 7.18. The van der Waals surface area contributed by atoms with Crippen molar-refractivity contribution in [3.05, 3.63) is 42.5 Å². The average molecular weight is 448 g/mol. The number of nitrogens with one attached hydrogen (secondary N) is 1. The van der Waals surface area contributed by atoms with Gasteiger partial charge in [-0.15, -0.1) is 0 Å². The van der Waals surface area contributed by atoms with Crippen molar-refractivity contribution in [1.82, 2.24) is 4.31 Å². The Morgan fingerprint density at radius 2 is 1.77 bits per heavy atom. The third-order valence-electron chi connectivity index (χ3n) is 5.12. The van der Waals surface area contributed by atoms with Crippen molar-refractivity contribution in [2.75, 3.05) is 38.7 Å². The van der Waals surface area contributed by atoms with E-state index in [0.717, 1.165) is 0 Å². The number of nitrogens with zero attached hydrogens (tertiary/aromatic N) is 1. The summed E-state index contributed by atoms with van der Waals surface area (Å²) in [5, 5.41) is 2.73. The highest BCUT2D eigenvalue weighted by molar-refractivity contribution is 7.89. The molecule has 1 saturated heterocycles. The lowest BCUT2D eigenvalue weighted by Crippen LogP contribution is -2.46. The van der Waals surface area contributed by atoms with E-state index in [-0.39, 0.29) is 23.7 Å². The number of morpholine rings is 1. The van der Waals surface area contributed by atoms with Gasteiger partial charge in [0.15, 0.2) is 11.5 Å². The van der Waals surface area contributed by atoms with Crippen LogP contribution < -0.4 is 19.5 Å². The molecule has 1 N–H and O–H groups in total. The minimum Gasteiger partial charge on any atom is -0.495 e. The van der Waals surface area contributed by atoms with Gasteiger partial charge in [-0.25, -0.2) is 8.42 Å². The summed E-state index contributed by atoms with van der Waals surface area (Å²) in [6, 6.07) is 11.6. The number of anilines is 1. The summed E-state index contributed by atoms with van der Waals surface area (Å²) < 4.78 is 49.7. The molecule has 0 spiro atoms. The van der Waals surface area contributed by atoms with Crippen molar-refractivity contribution in [2.45, 2.75) is 24.0 Å². The Morgan fingerprint density at radius 1 is 1.10 bits per heavy atom. The molecular formula is C21H24N2O7S. The van der Waals surface area contributed by atoms with Gasteiger partial charge in [0.1, 0.15) is 16.7 Å². The van der Waals surface area contributed by atoms with Gasteiger partial charge in [0.05, 0.1) is 20.3 Å². The maximum absolute atomic E-state index is 13.1. The molecule has 0 bridgehead atoms. The van der Waals surface area contributed by atoms with Crippen LogP contribution in [-0.2, 0) is 19.6 Å². The first-order chi connectivity index (χ1) is 14.9. The van der Waals surface area contributed by atoms with Gasteiger partial charge < -0.3 is 24.3 Å². The number of fused-ring (bicyclic) bond motifs is 1. The molecule has 2 aliphatic heterocycles. The number of carbonyl (C=O) groups is 1. The molecule has 2 atom stereocenters. The fraction of sp³-hybridized carbons (Fsp3) is 0.381. The number of carbonyl (C=O) groups excluding carboxylic acids is 1. The van der Waals surface area contributed by atoms with Gasteiger partial charge in [0.2, 0.25) is 16.1 Å². The van der Waals surface area contributed by atoms with Gasteiger partial charge in [-0.3, -0.25) is 4.79 Å². The first-order valence-corrected chi connectivity index (χ1v) is 11.3. The zero-order valence-corrected chi connectivity index (χ0v) is 18.1. The van der Waals surface area contributed by atoms with E-state index >= 15 is 0 Å². The summed E-state index contributed by atoms with van der Waals surface area (Å²) in [6.07, 6.45) is -1.42. The Morgan fingerprint density at radius 3 is 2.45 bits per heavy atom. The molecule has 166 valence electrons. The maximum Gasteiger partial charge on any atom is 0.269 e. The van der Waals surface area contributed by atoms with Gasteiger partial charge in [0, 0.05) is 18.8 Å². The zero-order chi connectivity index (χ0) is 22.0. The number of rotatable bonds is 5. The lowest BCUT2D eigenvalue weighted by molar-refractivity contribution is -0.128. The van der Waals surface area contributed by atoms with E-state index in [9.17, 15) is 13.2 Å². The quantitative estimate of drug-likeness (QED) is 0.745. The SMILES string of the molecule is COc1ccc(NC(=O)C2Oc3ccccc3OC2C)cc1S(=O)(=O)N1CCOCC1. The predicted octanol–water partition coefficient (Wildman–Crippen LogP) is 1.88. The highest BCUT2D eigenvalue weighted by Gasteiger charge is 2.35. The van der Waals surface area contributed by atoms with Crippen LogP contribution in [0.2, 0.25) is 0 Å². The molecule has 1 amide bonds. The van der Waals surface area contributed by atoms with Crippen molar-refractivity contribution >= 4 is 21.6 Å². The predicted molar refractivity (Wildman–Crippen MR) is 112 cm³/mol. The summed E-state index contributed by atoms with van der Waals surface area (Å²) in [7, 11) is -2.42. The number of hydrogen-bond acceptors (Lipinski definition) is 7. The lowest BCUT2D eigenvalue weighted by atomic mass is 10.1. The minimum atomic E-state index is -3.82. The summed E-state index contributed by atoms with van der Waals surface area (Å²) in [4.78, 5) is 12.9. The van der Waals surface area contributed by atoms with Gasteiger partial charge >= 0.3 is 0 Å². The van der Waals surface area contributed by atoms with Gasteiger partial charge in [0.25, 0.3) is 5.91 Å². The third kappa shape index (κ3) is 4.32. The van der Waals surface area contributed by atoms with Crippen molar-refractivity contribution in [3.8, 4) is 17.2 Å². The van der Waals surface area contributed by atoms with Crippen LogP contribution in [0.25, 0.3) is 0 Å². The fourth-order valence-electron chi connectivity index (χ4n) is 3.50. The number of ether oxygens (including phenoxy) is 4. The van der Waals surface area contributed by atoms with Gasteiger partial charge in [-0.1, -0.05) is 12.1 Å². The Balaban J connectivity index is 1.56. The van der Waals surface area contributed by atoms with E-state index in [0.29, 0.717) is 30.4 Å². The molecule has 2 aromatic rings. The average Bonchev–Trinajstić information content (AvgIpc) is 2.79. The van der Waals surface area contributed by atoms with E-state index < -0.39 is 28.1 Å². The molecule has 0 aromatic heterocycles. The number of hydrogen-bond donors (Lipinski definition) is 1. The van der Waals surface area contributed by atoms with Crippen molar-refractivity contribution in [1.29, 1.82) is 0 Å². The van der Waals surface area contributed by atoms with E-state index in [1.165, 1.54) is 23.5 Å². The van der Waals surface area contributed by atoms with E-state index in [4.69, 9.17) is 18.9 Å². The highest BCUT2D eigenvalue weighted by Crippen LogP contribution is 2.34. The molecule has 0 saturated carbocycles. The molecule has 31 heavy (non-hydrogen) atoms. The van der Waals surface area contributed by atoms with Crippen molar-refractivity contribution in [3.63, 3.8) is 0 Å². The molecule has 10 heteroatoms. The van der Waals surface area contributed by atoms with E-state index in [1.807, 2.05) is 6.07 Å². The number of amides is 1. The summed E-state index contributed by atoms with van der Waals surface area (Å²) >= 11 is 0. The largest absolute Gasteiger partial charge is 0.495 e. The number of sulfonamides is 1. The number of methoxy groups -OCH3 is 1. The topological polar surface area (TPSA) is 103 Å². The normalized spacial score (nSPS) is 21.4. The van der Waals surface area contributed by atoms with Crippen molar-refractivity contribution < 1.29 is 32.2 Å². The monoisotopic (exact) mass is 448 g/mol. The van der Waals surface area contributed by atoms with Crippen LogP contribution in [0.15, 0.2) is 47.4 Å². The van der Waals surface area contributed by atoms with Crippen molar-refractivity contribution in [2.24, 2.45) is 0 Å². The second kappa shape index (κ2) is 8.74. The van der Waals surface area contributed by atoms with Crippen LogP contribution >= 0.6 is 0 Å². The van der Waals surface area contributed by atoms with Crippen LogP contribution in [-0.4, -0.2) is 64.3 Å². The zero-order valence-electron chi connectivity index (χ0n) is 17.2. The molecule has 4 rings (SSSR count). The molecule has 2 aliphatic rings. The smallest absolute Gasteiger partial charge is 0.269 e. The number of benzene rings is 2. The highest BCUT2D eigenvalue weighted by atomic mass is 32.2. The second-order valence-corrected chi connectivity index (χ2v) is 9.09. The van der Waals surface area contributed by atoms with Crippen LogP contribution in [0.4, 0.5) is 5.69 Å². The van der Waals surface area contributed by atoms with Crippen LogP contribution in [0, 0.1) is 0 Å². The molecule has 2 heterocycles. The first-order valence-electron chi connectivity index (χ1n) is 9.89. The molecule has 1 fully saturated rings. The molecular weight excluding hydrogens is 424 g/mol. The Bertz CT molecular complexity index is 1070. The fourth-order valence-corrected chi connectivity index (χ4v) is 5.09.